The lowest BCUT2D eigenvalue weighted by molar-refractivity contribution is -0.139. The molecule has 0 bridgehead atoms. The highest BCUT2D eigenvalue weighted by atomic mass is 16.3. The number of aliphatic hydroxyl groups is 1. The molecule has 2 rings (SSSR count). The first-order valence-corrected chi connectivity index (χ1v) is 9.31. The average Bonchev–Trinajstić information content (AvgIpc) is 2.67. The summed E-state index contributed by atoms with van der Waals surface area (Å²) in [6.07, 6.45) is 2.96. The lowest BCUT2D eigenvalue weighted by atomic mass is 9.94. The fraction of sp³-hybridized carbons (Fsp3) is 0.600. The monoisotopic (exact) mass is 346 g/mol. The Hall–Kier alpha value is -1.88. The topological polar surface area (TPSA) is 69.6 Å². The van der Waals surface area contributed by atoms with Crippen molar-refractivity contribution in [1.29, 1.82) is 0 Å². The second-order valence-corrected chi connectivity index (χ2v) is 6.92. The molecular formula is C20H30N2O3. The minimum Gasteiger partial charge on any atom is -0.396 e. The first-order valence-electron chi connectivity index (χ1n) is 9.31. The van der Waals surface area contributed by atoms with Crippen LogP contribution in [0.25, 0.3) is 0 Å². The quantitative estimate of drug-likeness (QED) is 0.797. The standard InChI is InChI=1S/C20H30N2O3/c1-3-15(2)20(25)22-12-7-10-17(14-22)19(24)21-18(11-13-23)16-8-5-4-6-9-16/h4-6,8-9,15,17-18,23H,3,7,10-14H2,1-2H3,(H,21,24). The fourth-order valence-electron chi connectivity index (χ4n) is 3.30. The van der Waals surface area contributed by atoms with Crippen LogP contribution >= 0.6 is 0 Å². The van der Waals surface area contributed by atoms with Crippen molar-refractivity contribution in [1.82, 2.24) is 10.2 Å². The van der Waals surface area contributed by atoms with E-state index in [2.05, 4.69) is 5.32 Å². The van der Waals surface area contributed by atoms with Crippen LogP contribution in [0.1, 0.15) is 51.1 Å². The number of hydrogen-bond acceptors (Lipinski definition) is 3. The van der Waals surface area contributed by atoms with E-state index in [-0.39, 0.29) is 36.3 Å². The molecule has 5 heteroatoms. The number of piperidine rings is 1. The van der Waals surface area contributed by atoms with Crippen LogP contribution in [-0.4, -0.2) is 41.5 Å². The van der Waals surface area contributed by atoms with Gasteiger partial charge in [-0.2, -0.15) is 0 Å². The molecule has 138 valence electrons. The molecule has 1 fully saturated rings. The largest absolute Gasteiger partial charge is 0.396 e. The van der Waals surface area contributed by atoms with E-state index in [4.69, 9.17) is 0 Å². The highest BCUT2D eigenvalue weighted by molar-refractivity contribution is 5.82. The first-order chi connectivity index (χ1) is 12.1. The number of rotatable bonds is 7. The zero-order valence-electron chi connectivity index (χ0n) is 15.3. The number of likely N-dealkylation sites (tertiary alicyclic amines) is 1. The van der Waals surface area contributed by atoms with E-state index in [1.54, 1.807) is 0 Å². The van der Waals surface area contributed by atoms with Gasteiger partial charge in [0, 0.05) is 25.6 Å². The lowest BCUT2D eigenvalue weighted by Gasteiger charge is -2.34. The minimum absolute atomic E-state index is 0.00765. The molecule has 0 aromatic heterocycles. The number of aliphatic hydroxyl groups excluding tert-OH is 1. The van der Waals surface area contributed by atoms with E-state index in [1.807, 2.05) is 49.1 Å². The Morgan fingerprint density at radius 1 is 1.32 bits per heavy atom. The molecule has 2 amide bonds. The third-order valence-corrected chi connectivity index (χ3v) is 5.07. The van der Waals surface area contributed by atoms with Crippen LogP contribution < -0.4 is 5.32 Å². The molecule has 1 heterocycles. The highest BCUT2D eigenvalue weighted by Gasteiger charge is 2.30. The van der Waals surface area contributed by atoms with E-state index in [1.165, 1.54) is 0 Å². The maximum atomic E-state index is 12.7. The van der Waals surface area contributed by atoms with Crippen LogP contribution in [0.5, 0.6) is 0 Å². The molecule has 5 nitrogen and oxygen atoms in total. The average molecular weight is 346 g/mol. The molecule has 1 aliphatic rings. The highest BCUT2D eigenvalue weighted by Crippen LogP contribution is 2.22. The van der Waals surface area contributed by atoms with Crippen LogP contribution in [0.15, 0.2) is 30.3 Å². The van der Waals surface area contributed by atoms with Crippen molar-refractivity contribution >= 4 is 11.8 Å². The Balaban J connectivity index is 1.99. The smallest absolute Gasteiger partial charge is 0.225 e. The maximum Gasteiger partial charge on any atom is 0.225 e. The predicted molar refractivity (Wildman–Crippen MR) is 97.8 cm³/mol. The zero-order chi connectivity index (χ0) is 18.2. The number of carbonyl (C=O) groups excluding carboxylic acids is 2. The van der Waals surface area contributed by atoms with Gasteiger partial charge in [-0.25, -0.2) is 0 Å². The van der Waals surface area contributed by atoms with Gasteiger partial charge < -0.3 is 15.3 Å². The van der Waals surface area contributed by atoms with Gasteiger partial charge in [-0.3, -0.25) is 9.59 Å². The predicted octanol–water partition coefficient (Wildman–Crippen LogP) is 2.51. The number of benzene rings is 1. The summed E-state index contributed by atoms with van der Waals surface area (Å²) in [5.74, 6) is -0.0427. The van der Waals surface area contributed by atoms with Gasteiger partial charge in [-0.15, -0.1) is 0 Å². The molecule has 0 radical (unpaired) electrons. The molecule has 0 saturated carbocycles. The summed E-state index contributed by atoms with van der Waals surface area (Å²) in [5.41, 5.74) is 0.994. The summed E-state index contributed by atoms with van der Waals surface area (Å²) >= 11 is 0. The zero-order valence-corrected chi connectivity index (χ0v) is 15.3. The van der Waals surface area contributed by atoms with Crippen molar-refractivity contribution in [3.8, 4) is 0 Å². The number of hydrogen-bond donors (Lipinski definition) is 2. The molecule has 3 atom stereocenters. The number of nitrogens with one attached hydrogen (secondary N) is 1. The number of carbonyl (C=O) groups is 2. The van der Waals surface area contributed by atoms with Gasteiger partial charge in [-0.1, -0.05) is 44.2 Å². The Kier molecular flexibility index (Phi) is 7.44. The van der Waals surface area contributed by atoms with Crippen LogP contribution in [0, 0.1) is 11.8 Å². The van der Waals surface area contributed by atoms with Gasteiger partial charge in [0.15, 0.2) is 0 Å². The van der Waals surface area contributed by atoms with E-state index < -0.39 is 0 Å². The van der Waals surface area contributed by atoms with Gasteiger partial charge in [0.25, 0.3) is 0 Å². The van der Waals surface area contributed by atoms with Gasteiger partial charge in [0.1, 0.15) is 0 Å². The molecule has 1 saturated heterocycles. The lowest BCUT2D eigenvalue weighted by Crippen LogP contribution is -2.47. The van der Waals surface area contributed by atoms with E-state index in [0.29, 0.717) is 13.0 Å². The molecule has 0 spiro atoms. The summed E-state index contributed by atoms with van der Waals surface area (Å²) in [7, 11) is 0. The summed E-state index contributed by atoms with van der Waals surface area (Å²) < 4.78 is 0. The molecule has 1 aromatic carbocycles. The fourth-order valence-corrected chi connectivity index (χ4v) is 3.30. The normalized spacial score (nSPS) is 20.0. The minimum atomic E-state index is -0.195. The third kappa shape index (κ3) is 5.30. The van der Waals surface area contributed by atoms with Crippen LogP contribution in [0.4, 0.5) is 0 Å². The molecule has 2 N–H and O–H groups in total. The molecule has 1 aliphatic heterocycles. The van der Waals surface area contributed by atoms with Gasteiger partial charge in [-0.05, 0) is 31.2 Å². The second kappa shape index (κ2) is 9.56. The molecular weight excluding hydrogens is 316 g/mol. The van der Waals surface area contributed by atoms with Crippen molar-refractivity contribution in [3.63, 3.8) is 0 Å². The van der Waals surface area contributed by atoms with E-state index in [9.17, 15) is 14.7 Å². The molecule has 1 aromatic rings. The van der Waals surface area contributed by atoms with E-state index >= 15 is 0 Å². The van der Waals surface area contributed by atoms with Crippen LogP contribution in [0.2, 0.25) is 0 Å². The summed E-state index contributed by atoms with van der Waals surface area (Å²) in [4.78, 5) is 27.0. The summed E-state index contributed by atoms with van der Waals surface area (Å²) in [6, 6.07) is 9.51. The van der Waals surface area contributed by atoms with Crippen molar-refractivity contribution in [2.45, 2.75) is 45.6 Å². The van der Waals surface area contributed by atoms with Crippen molar-refractivity contribution < 1.29 is 14.7 Å². The molecule has 3 unspecified atom stereocenters. The van der Waals surface area contributed by atoms with Crippen molar-refractivity contribution in [3.05, 3.63) is 35.9 Å². The van der Waals surface area contributed by atoms with Crippen molar-refractivity contribution in [2.75, 3.05) is 19.7 Å². The van der Waals surface area contributed by atoms with E-state index in [0.717, 1.165) is 31.4 Å². The Labute approximate surface area is 150 Å². The summed E-state index contributed by atoms with van der Waals surface area (Å²) in [6.45, 7) is 5.21. The first kappa shape index (κ1) is 19.4. The molecule has 25 heavy (non-hydrogen) atoms. The van der Waals surface area contributed by atoms with Gasteiger partial charge >= 0.3 is 0 Å². The summed E-state index contributed by atoms with van der Waals surface area (Å²) in [5, 5.41) is 12.4. The van der Waals surface area contributed by atoms with Crippen LogP contribution in [0.3, 0.4) is 0 Å². The number of amides is 2. The number of nitrogens with zero attached hydrogens (tertiary/aromatic N) is 1. The third-order valence-electron chi connectivity index (χ3n) is 5.07. The second-order valence-electron chi connectivity index (χ2n) is 6.92. The Morgan fingerprint density at radius 3 is 2.68 bits per heavy atom. The Bertz CT molecular complexity index is 561. The van der Waals surface area contributed by atoms with Crippen LogP contribution in [-0.2, 0) is 9.59 Å². The van der Waals surface area contributed by atoms with Crippen molar-refractivity contribution in [2.24, 2.45) is 11.8 Å². The SMILES string of the molecule is CCC(C)C(=O)N1CCCC(C(=O)NC(CCO)c2ccccc2)C1. The molecule has 0 aliphatic carbocycles. The van der Waals surface area contributed by atoms with Gasteiger partial charge in [0.2, 0.25) is 11.8 Å². The Morgan fingerprint density at radius 2 is 2.04 bits per heavy atom. The maximum absolute atomic E-state index is 12.7. The van der Waals surface area contributed by atoms with Gasteiger partial charge in [0.05, 0.1) is 12.0 Å².